The fourth-order valence-corrected chi connectivity index (χ4v) is 3.25. The first kappa shape index (κ1) is 14.0. The Kier molecular flexibility index (Phi) is 3.88. The summed E-state index contributed by atoms with van der Waals surface area (Å²) in [6.45, 7) is 3.44. The van der Waals surface area contributed by atoms with Crippen LogP contribution in [-0.2, 0) is 10.0 Å². The van der Waals surface area contributed by atoms with E-state index in [2.05, 4.69) is 14.7 Å². The molecule has 0 saturated heterocycles. The molecule has 0 aliphatic carbocycles. The van der Waals surface area contributed by atoms with E-state index in [-0.39, 0.29) is 23.5 Å². The minimum atomic E-state index is -3.63. The molecule has 3 N–H and O–H groups in total. The normalized spacial score (nSPS) is 15.5. The molecule has 0 aliphatic heterocycles. The van der Waals surface area contributed by atoms with E-state index in [0.29, 0.717) is 11.0 Å². The van der Waals surface area contributed by atoms with Gasteiger partial charge in [0, 0.05) is 30.4 Å². The van der Waals surface area contributed by atoms with Crippen molar-refractivity contribution in [1.82, 2.24) is 14.7 Å². The van der Waals surface area contributed by atoms with Gasteiger partial charge in [0.2, 0.25) is 10.0 Å². The van der Waals surface area contributed by atoms with E-state index in [1.807, 2.05) is 0 Å². The molecule has 6 nitrogen and oxygen atoms in total. The Hall–Kier alpha value is -1.44. The molecular formula is C12H17N3O3S. The molecule has 0 bridgehead atoms. The lowest BCUT2D eigenvalue weighted by Gasteiger charge is -2.18. The molecule has 2 aromatic heterocycles. The minimum Gasteiger partial charge on any atom is -0.396 e. The molecule has 2 aromatic rings. The van der Waals surface area contributed by atoms with Crippen LogP contribution in [0.2, 0.25) is 0 Å². The second kappa shape index (κ2) is 5.28. The Labute approximate surface area is 111 Å². The smallest absolute Gasteiger partial charge is 0.243 e. The van der Waals surface area contributed by atoms with Gasteiger partial charge in [-0.15, -0.1) is 0 Å². The molecule has 0 radical (unpaired) electrons. The summed E-state index contributed by atoms with van der Waals surface area (Å²) in [4.78, 5) is 7.06. The van der Waals surface area contributed by atoms with Crippen LogP contribution in [0.4, 0.5) is 0 Å². The van der Waals surface area contributed by atoms with E-state index in [1.165, 1.54) is 6.20 Å². The van der Waals surface area contributed by atoms with Crippen LogP contribution < -0.4 is 4.72 Å². The molecule has 7 heteroatoms. The van der Waals surface area contributed by atoms with Crippen LogP contribution in [0.1, 0.15) is 13.8 Å². The molecule has 2 heterocycles. The van der Waals surface area contributed by atoms with Crippen molar-refractivity contribution in [2.45, 2.75) is 24.8 Å². The predicted molar refractivity (Wildman–Crippen MR) is 72.1 cm³/mol. The number of aliphatic hydroxyl groups excluding tert-OH is 1. The number of nitrogens with zero attached hydrogens (tertiary/aromatic N) is 1. The summed E-state index contributed by atoms with van der Waals surface area (Å²) < 4.78 is 27.2. The van der Waals surface area contributed by atoms with Crippen LogP contribution in [0.5, 0.6) is 0 Å². The first-order valence-electron chi connectivity index (χ1n) is 6.01. The third-order valence-electron chi connectivity index (χ3n) is 3.19. The summed E-state index contributed by atoms with van der Waals surface area (Å²) in [6.07, 6.45) is 3.02. The van der Waals surface area contributed by atoms with Crippen LogP contribution in [0.15, 0.2) is 29.4 Å². The minimum absolute atomic E-state index is 0.0703. The average Bonchev–Trinajstić information content (AvgIpc) is 2.81. The molecule has 2 rings (SSSR count). The highest BCUT2D eigenvalue weighted by atomic mass is 32.2. The van der Waals surface area contributed by atoms with Crippen molar-refractivity contribution < 1.29 is 13.5 Å². The average molecular weight is 283 g/mol. The number of fused-ring (bicyclic) bond motifs is 1. The van der Waals surface area contributed by atoms with E-state index >= 15 is 0 Å². The number of aromatic amines is 1. The first-order valence-corrected chi connectivity index (χ1v) is 7.49. The zero-order valence-electron chi connectivity index (χ0n) is 10.8. The lowest BCUT2D eigenvalue weighted by molar-refractivity contribution is 0.216. The number of hydrogen-bond donors (Lipinski definition) is 3. The summed E-state index contributed by atoms with van der Waals surface area (Å²) in [6, 6.07) is 3.04. The molecule has 2 atom stereocenters. The van der Waals surface area contributed by atoms with Crippen LogP contribution in [-0.4, -0.2) is 36.1 Å². The highest BCUT2D eigenvalue weighted by molar-refractivity contribution is 7.89. The second-order valence-electron chi connectivity index (χ2n) is 4.62. The summed E-state index contributed by atoms with van der Waals surface area (Å²) in [5.74, 6) is -0.155. The van der Waals surface area contributed by atoms with Gasteiger partial charge in [-0.2, -0.15) is 0 Å². The Morgan fingerprint density at radius 1 is 1.47 bits per heavy atom. The number of H-pyrrole nitrogens is 1. The van der Waals surface area contributed by atoms with Crippen LogP contribution in [0.3, 0.4) is 0 Å². The molecule has 104 valence electrons. The zero-order chi connectivity index (χ0) is 14.0. The number of hydrogen-bond acceptors (Lipinski definition) is 4. The van der Waals surface area contributed by atoms with Gasteiger partial charge in [-0.3, -0.25) is 0 Å². The van der Waals surface area contributed by atoms with Crippen LogP contribution in [0.25, 0.3) is 11.0 Å². The highest BCUT2D eigenvalue weighted by Crippen LogP contribution is 2.21. The van der Waals surface area contributed by atoms with Crippen molar-refractivity contribution in [2.75, 3.05) is 6.61 Å². The molecule has 0 spiro atoms. The van der Waals surface area contributed by atoms with Crippen molar-refractivity contribution in [2.24, 2.45) is 5.92 Å². The topological polar surface area (TPSA) is 95.1 Å². The van der Waals surface area contributed by atoms with Gasteiger partial charge in [0.1, 0.15) is 10.5 Å². The van der Waals surface area contributed by atoms with E-state index < -0.39 is 10.0 Å². The summed E-state index contributed by atoms with van der Waals surface area (Å²) >= 11 is 0. The van der Waals surface area contributed by atoms with Gasteiger partial charge in [0.15, 0.2) is 0 Å². The zero-order valence-corrected chi connectivity index (χ0v) is 11.6. The van der Waals surface area contributed by atoms with Gasteiger partial charge < -0.3 is 10.1 Å². The Morgan fingerprint density at radius 2 is 2.21 bits per heavy atom. The van der Waals surface area contributed by atoms with Gasteiger partial charge in [-0.1, -0.05) is 6.92 Å². The maximum atomic E-state index is 12.3. The van der Waals surface area contributed by atoms with Gasteiger partial charge in [-0.05, 0) is 25.0 Å². The number of rotatable bonds is 5. The van der Waals surface area contributed by atoms with E-state index in [1.54, 1.807) is 32.2 Å². The Morgan fingerprint density at radius 3 is 2.89 bits per heavy atom. The predicted octanol–water partition coefficient (Wildman–Crippen LogP) is 0.858. The Bertz CT molecular complexity index is 666. The van der Waals surface area contributed by atoms with Crippen molar-refractivity contribution in [3.8, 4) is 0 Å². The number of aromatic nitrogens is 2. The van der Waals surface area contributed by atoms with E-state index in [0.717, 1.165) is 0 Å². The number of sulfonamides is 1. The molecule has 0 aromatic carbocycles. The number of nitrogens with one attached hydrogen (secondary N) is 2. The number of aliphatic hydroxyl groups is 1. The first-order chi connectivity index (χ1) is 8.95. The third-order valence-corrected chi connectivity index (χ3v) is 4.78. The fraction of sp³-hybridized carbons (Fsp3) is 0.417. The molecule has 0 saturated carbocycles. The molecule has 0 amide bonds. The summed E-state index contributed by atoms with van der Waals surface area (Å²) in [5, 5.41) is 9.61. The van der Waals surface area contributed by atoms with Crippen molar-refractivity contribution in [3.63, 3.8) is 0 Å². The van der Waals surface area contributed by atoms with Crippen molar-refractivity contribution in [3.05, 3.63) is 24.5 Å². The maximum absolute atomic E-state index is 12.3. The quantitative estimate of drug-likeness (QED) is 0.758. The van der Waals surface area contributed by atoms with Crippen LogP contribution in [0, 0.1) is 5.92 Å². The fourth-order valence-electron chi connectivity index (χ4n) is 1.74. The molecule has 2 unspecified atom stereocenters. The summed E-state index contributed by atoms with van der Waals surface area (Å²) in [7, 11) is -3.63. The third kappa shape index (κ3) is 2.78. The molecule has 0 fully saturated rings. The molecule has 19 heavy (non-hydrogen) atoms. The van der Waals surface area contributed by atoms with Gasteiger partial charge in [0.05, 0.1) is 0 Å². The van der Waals surface area contributed by atoms with E-state index in [9.17, 15) is 8.42 Å². The largest absolute Gasteiger partial charge is 0.396 e. The van der Waals surface area contributed by atoms with Gasteiger partial charge in [0.25, 0.3) is 0 Å². The SMILES string of the molecule is CC(CO)C(C)NS(=O)(=O)c1c[nH]c2ncccc12. The molecule has 0 aliphatic rings. The standard InChI is InChI=1S/C12H17N3O3S/c1-8(7-16)9(2)15-19(17,18)11-6-14-12-10(11)4-3-5-13-12/h3-6,8-9,15-16H,7H2,1-2H3,(H,13,14). The lowest BCUT2D eigenvalue weighted by atomic mass is 10.1. The Balaban J connectivity index is 2.34. The summed E-state index contributed by atoms with van der Waals surface area (Å²) in [5.41, 5.74) is 0.533. The molecular weight excluding hydrogens is 266 g/mol. The monoisotopic (exact) mass is 283 g/mol. The van der Waals surface area contributed by atoms with Crippen molar-refractivity contribution >= 4 is 21.1 Å². The van der Waals surface area contributed by atoms with Crippen LogP contribution >= 0.6 is 0 Å². The lowest BCUT2D eigenvalue weighted by Crippen LogP contribution is -2.38. The van der Waals surface area contributed by atoms with Gasteiger partial charge >= 0.3 is 0 Å². The van der Waals surface area contributed by atoms with Gasteiger partial charge in [-0.25, -0.2) is 18.1 Å². The number of pyridine rings is 1. The van der Waals surface area contributed by atoms with Crippen molar-refractivity contribution in [1.29, 1.82) is 0 Å². The maximum Gasteiger partial charge on any atom is 0.243 e. The van der Waals surface area contributed by atoms with E-state index in [4.69, 9.17) is 5.11 Å². The highest BCUT2D eigenvalue weighted by Gasteiger charge is 2.23. The second-order valence-corrected chi connectivity index (χ2v) is 6.30.